The summed E-state index contributed by atoms with van der Waals surface area (Å²) in [6, 6.07) is 3.40. The minimum Gasteiger partial charge on any atom is -0.490 e. The SMILES string of the molecule is CCCCCCCCCCCCCCCCCCOc1cc(C(=O)n2c(=O)c(C)cn(C3CC(C)C(CC)O3)c2=O)cc(C)c1OCCCCCCCCCCCCCCCCCC. The minimum atomic E-state index is -0.674. The highest BCUT2D eigenvalue weighted by Gasteiger charge is 2.34. The summed E-state index contributed by atoms with van der Waals surface area (Å²) in [6.07, 6.45) is 44.5. The average Bonchev–Trinajstić information content (AvgIpc) is 3.67. The van der Waals surface area contributed by atoms with Gasteiger partial charge in [0.05, 0.1) is 19.3 Å². The Hall–Kier alpha value is -2.87. The number of hydrogen-bond donors (Lipinski definition) is 0. The Bertz CT molecular complexity index is 1650. The van der Waals surface area contributed by atoms with E-state index in [1.807, 2.05) is 6.92 Å². The Labute approximate surface area is 391 Å². The molecule has 3 unspecified atom stereocenters. The van der Waals surface area contributed by atoms with Crippen molar-refractivity contribution in [3.8, 4) is 11.5 Å². The molecule has 0 saturated carbocycles. The lowest BCUT2D eigenvalue weighted by Gasteiger charge is -2.19. The van der Waals surface area contributed by atoms with E-state index in [0.29, 0.717) is 36.7 Å². The molecular weight excluding hydrogens is 797 g/mol. The fraction of sp³-hybridized carbons (Fsp3) is 0.804. The lowest BCUT2D eigenvalue weighted by molar-refractivity contribution is -0.00822. The van der Waals surface area contributed by atoms with E-state index in [9.17, 15) is 14.4 Å². The Balaban J connectivity index is 1.51. The molecule has 0 bridgehead atoms. The van der Waals surface area contributed by atoms with Gasteiger partial charge >= 0.3 is 5.69 Å². The molecule has 3 rings (SSSR count). The molecule has 0 aliphatic carbocycles. The van der Waals surface area contributed by atoms with E-state index in [2.05, 4.69) is 27.7 Å². The number of rotatable bonds is 39. The van der Waals surface area contributed by atoms with Gasteiger partial charge in [-0.1, -0.05) is 220 Å². The summed E-state index contributed by atoms with van der Waals surface area (Å²) < 4.78 is 21.2. The first kappa shape index (κ1) is 55.5. The molecule has 2 aromatic rings. The van der Waals surface area contributed by atoms with Crippen LogP contribution >= 0.6 is 0 Å². The van der Waals surface area contributed by atoms with Crippen LogP contribution in [0, 0.1) is 19.8 Å². The zero-order valence-electron chi connectivity index (χ0n) is 42.3. The van der Waals surface area contributed by atoms with E-state index < -0.39 is 23.4 Å². The predicted molar refractivity (Wildman–Crippen MR) is 269 cm³/mol. The molecule has 366 valence electrons. The summed E-state index contributed by atoms with van der Waals surface area (Å²) in [5.41, 5.74) is 0.0227. The van der Waals surface area contributed by atoms with Crippen molar-refractivity contribution in [3.63, 3.8) is 0 Å². The zero-order chi connectivity index (χ0) is 46.2. The number of unbranched alkanes of at least 4 members (excludes halogenated alkanes) is 30. The molecule has 1 aliphatic rings. The second-order valence-corrected chi connectivity index (χ2v) is 19.6. The maximum absolute atomic E-state index is 14.2. The molecule has 1 aliphatic heterocycles. The van der Waals surface area contributed by atoms with Crippen molar-refractivity contribution < 1.29 is 19.0 Å². The molecule has 1 aromatic carbocycles. The van der Waals surface area contributed by atoms with Gasteiger partial charge in [-0.15, -0.1) is 0 Å². The van der Waals surface area contributed by atoms with Crippen molar-refractivity contribution >= 4 is 5.91 Å². The van der Waals surface area contributed by atoms with Crippen LogP contribution in [0.3, 0.4) is 0 Å². The highest BCUT2D eigenvalue weighted by atomic mass is 16.5. The van der Waals surface area contributed by atoms with Gasteiger partial charge in [-0.3, -0.25) is 14.2 Å². The Kier molecular flexibility index (Phi) is 29.8. The fourth-order valence-electron chi connectivity index (χ4n) is 9.57. The predicted octanol–water partition coefficient (Wildman–Crippen LogP) is 15.9. The lowest BCUT2D eigenvalue weighted by atomic mass is 10.0. The van der Waals surface area contributed by atoms with Crippen molar-refractivity contribution in [2.45, 2.75) is 272 Å². The largest absolute Gasteiger partial charge is 0.490 e. The van der Waals surface area contributed by atoms with Crippen molar-refractivity contribution in [2.24, 2.45) is 5.92 Å². The second kappa shape index (κ2) is 34.4. The standard InChI is InChI=1S/C56H96N2O6/c1-7-10-12-14-16-18-20-22-24-26-28-30-32-34-36-38-40-62-51-44-49(55(60)58-54(59)48(6)45-57(56(58)61)52-43-46(4)50(9-3)64-52)42-47(5)53(51)63-41-39-37-35-33-31-29-27-25-23-21-19-17-15-13-11-8-2/h42,44-46,50,52H,7-41,43H2,1-6H3. The van der Waals surface area contributed by atoms with Crippen LogP contribution < -0.4 is 20.7 Å². The molecule has 1 aromatic heterocycles. The van der Waals surface area contributed by atoms with E-state index in [-0.39, 0.29) is 17.6 Å². The molecular formula is C56H96N2O6. The van der Waals surface area contributed by atoms with Crippen LogP contribution in [0.4, 0.5) is 0 Å². The first-order valence-electron chi connectivity index (χ1n) is 27.2. The van der Waals surface area contributed by atoms with Crippen LogP contribution in [0.15, 0.2) is 27.9 Å². The number of nitrogens with zero attached hydrogens (tertiary/aromatic N) is 2. The van der Waals surface area contributed by atoms with Gasteiger partial charge in [0.2, 0.25) is 0 Å². The van der Waals surface area contributed by atoms with Crippen molar-refractivity contribution in [1.82, 2.24) is 9.13 Å². The monoisotopic (exact) mass is 893 g/mol. The molecule has 2 heterocycles. The smallest absolute Gasteiger partial charge is 0.340 e. The van der Waals surface area contributed by atoms with Gasteiger partial charge in [-0.25, -0.2) is 4.79 Å². The first-order chi connectivity index (χ1) is 31.2. The third kappa shape index (κ3) is 21.2. The number of benzene rings is 1. The molecule has 0 amide bonds. The van der Waals surface area contributed by atoms with Crippen LogP contribution in [0.25, 0.3) is 0 Å². The number of aryl methyl sites for hydroxylation is 2. The number of carbonyl (C=O) groups excluding carboxylic acids is 1. The van der Waals surface area contributed by atoms with Gasteiger partial charge in [-0.2, -0.15) is 4.57 Å². The minimum absolute atomic E-state index is 0.0248. The normalized spacial score (nSPS) is 16.2. The maximum Gasteiger partial charge on any atom is 0.340 e. The molecule has 3 atom stereocenters. The van der Waals surface area contributed by atoms with Gasteiger partial charge in [0.1, 0.15) is 6.23 Å². The molecule has 64 heavy (non-hydrogen) atoms. The molecule has 8 nitrogen and oxygen atoms in total. The molecule has 0 radical (unpaired) electrons. The summed E-state index contributed by atoms with van der Waals surface area (Å²) in [5, 5.41) is 0. The average molecular weight is 893 g/mol. The molecule has 0 N–H and O–H groups in total. The molecule has 8 heteroatoms. The number of hydrogen-bond acceptors (Lipinski definition) is 6. The van der Waals surface area contributed by atoms with Gasteiger partial charge in [0.15, 0.2) is 11.5 Å². The maximum atomic E-state index is 14.2. The third-order valence-electron chi connectivity index (χ3n) is 13.7. The number of ether oxygens (including phenoxy) is 3. The van der Waals surface area contributed by atoms with Crippen molar-refractivity contribution in [3.05, 3.63) is 55.9 Å². The van der Waals surface area contributed by atoms with Gasteiger partial charge < -0.3 is 14.2 Å². The fourth-order valence-corrected chi connectivity index (χ4v) is 9.57. The Morgan fingerprint density at radius 1 is 0.578 bits per heavy atom. The summed E-state index contributed by atoms with van der Waals surface area (Å²) in [6.45, 7) is 13.4. The van der Waals surface area contributed by atoms with Crippen LogP contribution in [-0.2, 0) is 4.74 Å². The second-order valence-electron chi connectivity index (χ2n) is 19.6. The van der Waals surface area contributed by atoms with E-state index in [4.69, 9.17) is 14.2 Å². The van der Waals surface area contributed by atoms with Crippen LogP contribution in [0.2, 0.25) is 0 Å². The number of aromatic nitrogens is 2. The Morgan fingerprint density at radius 2 is 0.984 bits per heavy atom. The first-order valence-corrected chi connectivity index (χ1v) is 27.2. The highest BCUT2D eigenvalue weighted by Crippen LogP contribution is 2.35. The molecule has 0 spiro atoms. The highest BCUT2D eigenvalue weighted by molar-refractivity contribution is 5.96. The van der Waals surface area contributed by atoms with Gasteiger partial charge in [0.25, 0.3) is 11.5 Å². The molecule has 1 fully saturated rings. The summed E-state index contributed by atoms with van der Waals surface area (Å²) >= 11 is 0. The van der Waals surface area contributed by atoms with E-state index in [0.717, 1.165) is 42.2 Å². The summed E-state index contributed by atoms with van der Waals surface area (Å²) in [4.78, 5) is 41.5. The van der Waals surface area contributed by atoms with E-state index >= 15 is 0 Å². The van der Waals surface area contributed by atoms with Gasteiger partial charge in [-0.05, 0) is 63.1 Å². The summed E-state index contributed by atoms with van der Waals surface area (Å²) in [5.74, 6) is 0.745. The zero-order valence-corrected chi connectivity index (χ0v) is 42.3. The van der Waals surface area contributed by atoms with Crippen molar-refractivity contribution in [2.75, 3.05) is 13.2 Å². The number of carbonyl (C=O) groups is 1. The third-order valence-corrected chi connectivity index (χ3v) is 13.7. The van der Waals surface area contributed by atoms with E-state index in [1.54, 1.807) is 19.1 Å². The van der Waals surface area contributed by atoms with Crippen molar-refractivity contribution in [1.29, 1.82) is 0 Å². The topological polar surface area (TPSA) is 88.8 Å². The van der Waals surface area contributed by atoms with Crippen LogP contribution in [0.1, 0.15) is 274 Å². The summed E-state index contributed by atoms with van der Waals surface area (Å²) in [7, 11) is 0. The van der Waals surface area contributed by atoms with E-state index in [1.165, 1.54) is 191 Å². The van der Waals surface area contributed by atoms with Crippen LogP contribution in [-0.4, -0.2) is 34.4 Å². The quantitative estimate of drug-likeness (QED) is 0.0621. The lowest BCUT2D eigenvalue weighted by Crippen LogP contribution is -2.45. The van der Waals surface area contributed by atoms with Gasteiger partial charge in [0, 0.05) is 17.3 Å². The van der Waals surface area contributed by atoms with Crippen LogP contribution in [0.5, 0.6) is 11.5 Å². The molecule has 1 saturated heterocycles. The Morgan fingerprint density at radius 3 is 1.39 bits per heavy atom.